The van der Waals surface area contributed by atoms with E-state index in [0.29, 0.717) is 21.5 Å². The van der Waals surface area contributed by atoms with Gasteiger partial charge in [0.2, 0.25) is 0 Å². The lowest BCUT2D eigenvalue weighted by Gasteiger charge is -2.07. The molecule has 0 atom stereocenters. The summed E-state index contributed by atoms with van der Waals surface area (Å²) in [6, 6.07) is 15.3. The molecule has 118 valence electrons. The monoisotopic (exact) mass is 362 g/mol. The Kier molecular flexibility index (Phi) is 4.37. The predicted molar refractivity (Wildman–Crippen MR) is 98.1 cm³/mol. The van der Waals surface area contributed by atoms with E-state index in [1.807, 2.05) is 0 Å². The molecular formula is C18H7ClN4OS. The van der Waals surface area contributed by atoms with Gasteiger partial charge in [0.1, 0.15) is 23.9 Å². The fourth-order valence-corrected chi connectivity index (χ4v) is 3.54. The number of nitrogens with one attached hydrogen (secondary N) is 1. The van der Waals surface area contributed by atoms with Crippen molar-refractivity contribution in [1.82, 2.24) is 0 Å². The van der Waals surface area contributed by atoms with Crippen molar-refractivity contribution in [2.24, 2.45) is 0 Å². The van der Waals surface area contributed by atoms with E-state index in [0.717, 1.165) is 9.40 Å². The number of hydrogen-bond acceptors (Lipinski definition) is 6. The molecule has 3 rings (SSSR count). The van der Waals surface area contributed by atoms with Crippen molar-refractivity contribution in [3.8, 4) is 18.2 Å². The topological polar surface area (TPSA) is 100 Å². The number of nitrogens with zero attached hydrogens (tertiary/aromatic N) is 3. The van der Waals surface area contributed by atoms with Gasteiger partial charge in [0.05, 0.1) is 0 Å². The van der Waals surface area contributed by atoms with E-state index in [1.165, 1.54) is 11.3 Å². The maximum absolute atomic E-state index is 12.7. The summed E-state index contributed by atoms with van der Waals surface area (Å²) >= 11 is 7.43. The van der Waals surface area contributed by atoms with Crippen LogP contribution in [0.1, 0.15) is 0 Å². The first-order valence-electron chi connectivity index (χ1n) is 6.95. The molecule has 0 saturated carbocycles. The van der Waals surface area contributed by atoms with Crippen LogP contribution in [0.2, 0.25) is 5.02 Å². The molecule has 3 aromatic rings. The zero-order valence-electron chi connectivity index (χ0n) is 12.5. The lowest BCUT2D eigenvalue weighted by molar-refractivity contribution is 1.37. The summed E-state index contributed by atoms with van der Waals surface area (Å²) < 4.78 is 1.62. The van der Waals surface area contributed by atoms with Gasteiger partial charge in [0.15, 0.2) is 11.0 Å². The molecule has 0 radical (unpaired) electrons. The van der Waals surface area contributed by atoms with Crippen LogP contribution in [0.15, 0.2) is 52.5 Å². The molecule has 0 spiro atoms. The zero-order chi connectivity index (χ0) is 18.0. The van der Waals surface area contributed by atoms with E-state index in [2.05, 4.69) is 5.32 Å². The summed E-state index contributed by atoms with van der Waals surface area (Å²) in [6.45, 7) is 0. The lowest BCUT2D eigenvalue weighted by Crippen LogP contribution is -2.04. The smallest absolute Gasteiger partial charge is 0.195 e. The second kappa shape index (κ2) is 6.63. The van der Waals surface area contributed by atoms with Gasteiger partial charge in [-0.2, -0.15) is 15.8 Å². The molecule has 1 N–H and O–H groups in total. The van der Waals surface area contributed by atoms with Gasteiger partial charge >= 0.3 is 0 Å². The standard InChI is InChI=1S/C18H7ClN4OS/c19-11-1-3-16-13(5-11)18(24)14-6-12(2-4-17(14)25-16)23-15(9-22)10(7-20)8-21/h1-6,23H. The fourth-order valence-electron chi connectivity index (χ4n) is 2.33. The van der Waals surface area contributed by atoms with Gasteiger partial charge in [-0.15, -0.1) is 11.3 Å². The van der Waals surface area contributed by atoms with Crippen LogP contribution in [0.25, 0.3) is 20.2 Å². The normalized spacial score (nSPS) is 9.84. The minimum atomic E-state index is -0.321. The lowest BCUT2D eigenvalue weighted by atomic mass is 10.1. The number of rotatable bonds is 2. The Morgan fingerprint density at radius 3 is 2.24 bits per heavy atom. The number of anilines is 1. The largest absolute Gasteiger partial charge is 0.345 e. The minimum absolute atomic E-state index is 0.163. The van der Waals surface area contributed by atoms with E-state index in [-0.39, 0.29) is 16.7 Å². The first-order valence-corrected chi connectivity index (χ1v) is 8.14. The molecule has 0 aliphatic rings. The van der Waals surface area contributed by atoms with Crippen molar-refractivity contribution < 1.29 is 0 Å². The molecule has 2 aromatic carbocycles. The van der Waals surface area contributed by atoms with Crippen molar-refractivity contribution in [2.75, 3.05) is 5.32 Å². The average Bonchev–Trinajstić information content (AvgIpc) is 2.63. The predicted octanol–water partition coefficient (Wildman–Crippen LogP) is 4.30. The molecule has 0 fully saturated rings. The Labute approximate surface area is 151 Å². The Balaban J connectivity index is 2.20. The van der Waals surface area contributed by atoms with Gasteiger partial charge in [-0.3, -0.25) is 4.79 Å². The molecule has 0 aliphatic heterocycles. The highest BCUT2D eigenvalue weighted by molar-refractivity contribution is 7.24. The van der Waals surface area contributed by atoms with Gasteiger partial charge in [-0.1, -0.05) is 11.6 Å². The number of halogens is 1. The summed E-state index contributed by atoms with van der Waals surface area (Å²) in [5, 5.41) is 31.1. The van der Waals surface area contributed by atoms with Crippen molar-refractivity contribution in [1.29, 1.82) is 15.8 Å². The van der Waals surface area contributed by atoms with E-state index < -0.39 is 0 Å². The Morgan fingerprint density at radius 2 is 1.60 bits per heavy atom. The molecule has 0 saturated heterocycles. The molecule has 0 aliphatic carbocycles. The SMILES string of the molecule is N#CC(C#N)=C(C#N)Nc1ccc2sc3ccc(Cl)cc3c(=O)c2c1. The average molecular weight is 363 g/mol. The minimum Gasteiger partial charge on any atom is -0.345 e. The van der Waals surface area contributed by atoms with Gasteiger partial charge in [-0.25, -0.2) is 0 Å². The van der Waals surface area contributed by atoms with Gasteiger partial charge in [-0.05, 0) is 36.4 Å². The van der Waals surface area contributed by atoms with Crippen LogP contribution < -0.4 is 10.7 Å². The Bertz CT molecular complexity index is 1220. The fraction of sp³-hybridized carbons (Fsp3) is 0. The van der Waals surface area contributed by atoms with Crippen LogP contribution in [0, 0.1) is 34.0 Å². The van der Waals surface area contributed by atoms with Crippen LogP contribution >= 0.6 is 22.9 Å². The summed E-state index contributed by atoms with van der Waals surface area (Å²) in [5.74, 6) is 0. The quantitative estimate of drug-likeness (QED) is 0.541. The first-order chi connectivity index (χ1) is 12.1. The first kappa shape index (κ1) is 16.5. The summed E-state index contributed by atoms with van der Waals surface area (Å²) in [5.41, 5.74) is -0.210. The Morgan fingerprint density at radius 1 is 0.960 bits per heavy atom. The van der Waals surface area contributed by atoms with Crippen molar-refractivity contribution in [3.05, 3.63) is 62.9 Å². The molecule has 7 heteroatoms. The molecule has 0 unspecified atom stereocenters. The van der Waals surface area contributed by atoms with E-state index in [1.54, 1.807) is 54.6 Å². The third kappa shape index (κ3) is 3.03. The van der Waals surface area contributed by atoms with E-state index >= 15 is 0 Å². The third-order valence-corrected chi connectivity index (χ3v) is 4.87. The second-order valence-electron chi connectivity index (χ2n) is 4.99. The zero-order valence-corrected chi connectivity index (χ0v) is 14.1. The van der Waals surface area contributed by atoms with Crippen molar-refractivity contribution in [2.45, 2.75) is 0 Å². The summed E-state index contributed by atoms with van der Waals surface area (Å²) in [6.07, 6.45) is 0. The van der Waals surface area contributed by atoms with Crippen LogP contribution in [0.4, 0.5) is 5.69 Å². The molecule has 0 bridgehead atoms. The molecular weight excluding hydrogens is 356 g/mol. The highest BCUT2D eigenvalue weighted by Crippen LogP contribution is 2.28. The summed E-state index contributed by atoms with van der Waals surface area (Å²) in [4.78, 5) is 12.7. The van der Waals surface area contributed by atoms with Gasteiger partial charge < -0.3 is 5.32 Å². The number of hydrogen-bond donors (Lipinski definition) is 1. The second-order valence-corrected chi connectivity index (χ2v) is 6.51. The molecule has 0 amide bonds. The van der Waals surface area contributed by atoms with Crippen molar-refractivity contribution in [3.63, 3.8) is 0 Å². The molecule has 25 heavy (non-hydrogen) atoms. The maximum Gasteiger partial charge on any atom is 0.195 e. The number of benzene rings is 2. The summed E-state index contributed by atoms with van der Waals surface area (Å²) in [7, 11) is 0. The van der Waals surface area contributed by atoms with Crippen molar-refractivity contribution >= 4 is 48.8 Å². The number of allylic oxidation sites excluding steroid dienone is 2. The van der Waals surface area contributed by atoms with E-state index in [4.69, 9.17) is 27.4 Å². The highest BCUT2D eigenvalue weighted by Gasteiger charge is 2.10. The highest BCUT2D eigenvalue weighted by atomic mass is 35.5. The van der Waals surface area contributed by atoms with Gasteiger partial charge in [0, 0.05) is 30.9 Å². The van der Waals surface area contributed by atoms with E-state index in [9.17, 15) is 4.79 Å². The number of nitriles is 3. The molecule has 5 nitrogen and oxygen atoms in total. The van der Waals surface area contributed by atoms with Crippen LogP contribution in [-0.2, 0) is 0 Å². The van der Waals surface area contributed by atoms with Crippen LogP contribution in [0.3, 0.4) is 0 Å². The van der Waals surface area contributed by atoms with Crippen LogP contribution in [-0.4, -0.2) is 0 Å². The third-order valence-electron chi connectivity index (χ3n) is 3.49. The maximum atomic E-state index is 12.7. The molecule has 1 heterocycles. The van der Waals surface area contributed by atoms with Crippen LogP contribution in [0.5, 0.6) is 0 Å². The number of fused-ring (bicyclic) bond motifs is 2. The Hall–Kier alpha value is -3.37. The van der Waals surface area contributed by atoms with Gasteiger partial charge in [0.25, 0.3) is 0 Å². The molecule has 1 aromatic heterocycles.